The highest BCUT2D eigenvalue weighted by Crippen LogP contribution is 2.21. The molecule has 0 fully saturated rings. The van der Waals surface area contributed by atoms with Crippen LogP contribution in [0.25, 0.3) is 11.1 Å². The van der Waals surface area contributed by atoms with Crippen molar-refractivity contribution in [3.63, 3.8) is 0 Å². The van der Waals surface area contributed by atoms with E-state index in [1.807, 2.05) is 18.2 Å². The average Bonchev–Trinajstić information content (AvgIpc) is 3.09. The predicted octanol–water partition coefficient (Wildman–Crippen LogP) is 1.32. The van der Waals surface area contributed by atoms with Gasteiger partial charge in [0.05, 0.1) is 4.90 Å². The Bertz CT molecular complexity index is 864. The zero-order chi connectivity index (χ0) is 16.1. The van der Waals surface area contributed by atoms with Gasteiger partial charge in [-0.3, -0.25) is 4.98 Å². The van der Waals surface area contributed by atoms with Crippen molar-refractivity contribution in [2.45, 2.75) is 11.4 Å². The third-order valence-corrected chi connectivity index (χ3v) is 4.75. The smallest absolute Gasteiger partial charge is 0.240 e. The van der Waals surface area contributed by atoms with Crippen LogP contribution in [0.1, 0.15) is 0 Å². The summed E-state index contributed by atoms with van der Waals surface area (Å²) in [5, 5.41) is 7.34. The van der Waals surface area contributed by atoms with Crippen molar-refractivity contribution in [2.75, 3.05) is 6.54 Å². The maximum atomic E-state index is 12.4. The van der Waals surface area contributed by atoms with Crippen molar-refractivity contribution >= 4 is 10.0 Å². The van der Waals surface area contributed by atoms with Gasteiger partial charge < -0.3 is 4.57 Å². The second-order valence-electron chi connectivity index (χ2n) is 4.86. The van der Waals surface area contributed by atoms with Crippen molar-refractivity contribution in [3.8, 4) is 11.1 Å². The Morgan fingerprint density at radius 3 is 2.48 bits per heavy atom. The molecule has 0 saturated carbocycles. The van der Waals surface area contributed by atoms with Crippen LogP contribution in [-0.2, 0) is 16.6 Å². The molecule has 0 unspecified atom stereocenters. The first kappa shape index (κ1) is 15.3. The number of nitrogens with one attached hydrogen (secondary N) is 1. The molecule has 0 spiro atoms. The van der Waals surface area contributed by atoms with Gasteiger partial charge in [-0.05, 0) is 35.4 Å². The van der Waals surface area contributed by atoms with Gasteiger partial charge in [-0.2, -0.15) is 0 Å². The monoisotopic (exact) mass is 329 g/mol. The van der Waals surface area contributed by atoms with Gasteiger partial charge in [0.25, 0.3) is 0 Å². The van der Waals surface area contributed by atoms with Crippen LogP contribution in [-0.4, -0.2) is 34.7 Å². The van der Waals surface area contributed by atoms with Gasteiger partial charge in [-0.1, -0.05) is 12.1 Å². The van der Waals surface area contributed by atoms with E-state index in [0.29, 0.717) is 6.54 Å². The predicted molar refractivity (Wildman–Crippen MR) is 84.9 cm³/mol. The second-order valence-corrected chi connectivity index (χ2v) is 6.63. The van der Waals surface area contributed by atoms with Crippen LogP contribution in [0.2, 0.25) is 0 Å². The first-order chi connectivity index (χ1) is 11.1. The topological polar surface area (TPSA) is 89.8 Å². The van der Waals surface area contributed by atoms with Gasteiger partial charge in [0.2, 0.25) is 10.0 Å². The quantitative estimate of drug-likeness (QED) is 0.736. The lowest BCUT2D eigenvalue weighted by Crippen LogP contribution is -2.27. The number of pyridine rings is 1. The SMILES string of the molecule is O=S(=O)(NCCn1cnnc1)c1cccc(-c2ccncc2)c1. The first-order valence-electron chi connectivity index (χ1n) is 6.98. The van der Waals surface area contributed by atoms with E-state index in [0.717, 1.165) is 11.1 Å². The van der Waals surface area contributed by atoms with Crippen LogP contribution >= 0.6 is 0 Å². The molecule has 0 aliphatic heterocycles. The molecule has 8 heteroatoms. The van der Waals surface area contributed by atoms with Crippen LogP contribution in [0.4, 0.5) is 0 Å². The fraction of sp³-hybridized carbons (Fsp3) is 0.133. The van der Waals surface area contributed by atoms with Crippen molar-refractivity contribution in [3.05, 3.63) is 61.4 Å². The summed E-state index contributed by atoms with van der Waals surface area (Å²) in [4.78, 5) is 4.20. The molecule has 0 atom stereocenters. The lowest BCUT2D eigenvalue weighted by molar-refractivity contribution is 0.572. The van der Waals surface area contributed by atoms with Gasteiger partial charge in [-0.15, -0.1) is 10.2 Å². The van der Waals surface area contributed by atoms with Gasteiger partial charge in [0.15, 0.2) is 0 Å². The molecule has 3 aromatic rings. The lowest BCUT2D eigenvalue weighted by Gasteiger charge is -2.09. The maximum absolute atomic E-state index is 12.4. The van der Waals surface area contributed by atoms with Crippen LogP contribution in [0.3, 0.4) is 0 Å². The summed E-state index contributed by atoms with van der Waals surface area (Å²) < 4.78 is 29.0. The number of hydrogen-bond acceptors (Lipinski definition) is 5. The summed E-state index contributed by atoms with van der Waals surface area (Å²) in [6.45, 7) is 0.732. The molecular weight excluding hydrogens is 314 g/mol. The normalized spacial score (nSPS) is 11.5. The van der Waals surface area contributed by atoms with Crippen molar-refractivity contribution in [1.29, 1.82) is 0 Å². The van der Waals surface area contributed by atoms with Crippen molar-refractivity contribution in [1.82, 2.24) is 24.5 Å². The summed E-state index contributed by atoms with van der Waals surface area (Å²) in [6.07, 6.45) is 6.43. The van der Waals surface area contributed by atoms with E-state index in [1.54, 1.807) is 47.8 Å². The Morgan fingerprint density at radius 1 is 1.00 bits per heavy atom. The van der Waals surface area contributed by atoms with E-state index < -0.39 is 10.0 Å². The molecule has 0 radical (unpaired) electrons. The molecule has 1 aromatic carbocycles. The highest BCUT2D eigenvalue weighted by molar-refractivity contribution is 7.89. The molecule has 3 rings (SSSR count). The molecule has 7 nitrogen and oxygen atoms in total. The number of benzene rings is 1. The average molecular weight is 329 g/mol. The molecule has 0 aliphatic rings. The second kappa shape index (κ2) is 6.67. The van der Waals surface area contributed by atoms with E-state index in [9.17, 15) is 8.42 Å². The molecule has 1 N–H and O–H groups in total. The van der Waals surface area contributed by atoms with Gasteiger partial charge >= 0.3 is 0 Å². The Balaban J connectivity index is 1.75. The lowest BCUT2D eigenvalue weighted by atomic mass is 10.1. The van der Waals surface area contributed by atoms with Crippen LogP contribution in [0.5, 0.6) is 0 Å². The summed E-state index contributed by atoms with van der Waals surface area (Å²) in [5.41, 5.74) is 1.75. The molecule has 0 aliphatic carbocycles. The molecule has 0 bridgehead atoms. The Morgan fingerprint density at radius 2 is 1.74 bits per heavy atom. The molecule has 0 amide bonds. The largest absolute Gasteiger partial charge is 0.319 e. The Kier molecular flexibility index (Phi) is 4.45. The number of nitrogens with zero attached hydrogens (tertiary/aromatic N) is 4. The van der Waals surface area contributed by atoms with Gasteiger partial charge in [-0.25, -0.2) is 13.1 Å². The standard InChI is InChI=1S/C15H15N5O2S/c21-23(22,19-8-9-20-11-17-18-12-20)15-3-1-2-14(10-15)13-4-6-16-7-5-13/h1-7,10-12,19H,8-9H2. The summed E-state index contributed by atoms with van der Waals surface area (Å²) in [6, 6.07) is 10.5. The van der Waals surface area contributed by atoms with Crippen LogP contribution in [0, 0.1) is 0 Å². The summed E-state index contributed by atoms with van der Waals surface area (Å²) in [5.74, 6) is 0. The summed E-state index contributed by atoms with van der Waals surface area (Å²) in [7, 11) is -3.56. The minimum atomic E-state index is -3.56. The summed E-state index contributed by atoms with van der Waals surface area (Å²) >= 11 is 0. The van der Waals surface area contributed by atoms with Gasteiger partial charge in [0, 0.05) is 25.5 Å². The van der Waals surface area contributed by atoms with Gasteiger partial charge in [0.1, 0.15) is 12.7 Å². The zero-order valence-electron chi connectivity index (χ0n) is 12.2. The molecule has 23 heavy (non-hydrogen) atoms. The molecular formula is C15H15N5O2S. The van der Waals surface area contributed by atoms with E-state index in [4.69, 9.17) is 0 Å². The molecule has 2 heterocycles. The fourth-order valence-corrected chi connectivity index (χ4v) is 3.18. The minimum absolute atomic E-state index is 0.232. The maximum Gasteiger partial charge on any atom is 0.240 e. The first-order valence-corrected chi connectivity index (χ1v) is 8.46. The fourth-order valence-electron chi connectivity index (χ4n) is 2.12. The molecule has 0 saturated heterocycles. The Labute approximate surface area is 134 Å². The molecule has 2 aromatic heterocycles. The molecule has 118 valence electrons. The third-order valence-electron chi connectivity index (χ3n) is 3.29. The third kappa shape index (κ3) is 3.79. The Hall–Kier alpha value is -2.58. The van der Waals surface area contributed by atoms with Crippen molar-refractivity contribution in [2.24, 2.45) is 0 Å². The number of rotatable bonds is 6. The number of hydrogen-bond donors (Lipinski definition) is 1. The highest BCUT2D eigenvalue weighted by atomic mass is 32.2. The van der Waals surface area contributed by atoms with E-state index in [-0.39, 0.29) is 11.4 Å². The van der Waals surface area contributed by atoms with E-state index >= 15 is 0 Å². The van der Waals surface area contributed by atoms with Crippen LogP contribution in [0.15, 0.2) is 66.3 Å². The zero-order valence-corrected chi connectivity index (χ0v) is 13.0. The van der Waals surface area contributed by atoms with E-state index in [1.165, 1.54) is 0 Å². The number of aromatic nitrogens is 4. The highest BCUT2D eigenvalue weighted by Gasteiger charge is 2.14. The van der Waals surface area contributed by atoms with Crippen molar-refractivity contribution < 1.29 is 8.42 Å². The van der Waals surface area contributed by atoms with Crippen LogP contribution < -0.4 is 4.72 Å². The van der Waals surface area contributed by atoms with E-state index in [2.05, 4.69) is 19.9 Å². The number of sulfonamides is 1. The minimum Gasteiger partial charge on any atom is -0.319 e.